The van der Waals surface area contributed by atoms with E-state index in [4.69, 9.17) is 23.7 Å². The van der Waals surface area contributed by atoms with Gasteiger partial charge in [0.05, 0.1) is 11.3 Å². The minimum atomic E-state index is -1.54. The van der Waals surface area contributed by atoms with Crippen LogP contribution in [-0.4, -0.2) is 76.5 Å². The molecule has 0 saturated carbocycles. The molecule has 10 atom stereocenters. The summed E-state index contributed by atoms with van der Waals surface area (Å²) >= 11 is 0. The molecule has 1 N–H and O–H groups in total. The number of esters is 4. The molecule has 10 unspecified atom stereocenters. The summed E-state index contributed by atoms with van der Waals surface area (Å²) in [5.41, 5.74) is -3.30. The molecule has 2 aliphatic heterocycles. The summed E-state index contributed by atoms with van der Waals surface area (Å²) in [6.07, 6.45) is -2.06. The first-order valence-corrected chi connectivity index (χ1v) is 14.0. The molecular formula is C30H40O11. The lowest BCUT2D eigenvalue weighted by Crippen LogP contribution is -2.66. The van der Waals surface area contributed by atoms with Crippen molar-refractivity contribution >= 4 is 29.7 Å². The molecule has 226 valence electrons. The minimum absolute atomic E-state index is 0.129. The quantitative estimate of drug-likeness (QED) is 0.215. The summed E-state index contributed by atoms with van der Waals surface area (Å²) in [7, 11) is 0. The van der Waals surface area contributed by atoms with E-state index in [1.54, 1.807) is 33.8 Å². The van der Waals surface area contributed by atoms with Crippen LogP contribution < -0.4 is 0 Å². The van der Waals surface area contributed by atoms with Crippen molar-refractivity contribution in [1.82, 2.24) is 0 Å². The second kappa shape index (κ2) is 10.7. The fraction of sp³-hybridized carbons (Fsp3) is 0.700. The molecule has 2 aliphatic carbocycles. The van der Waals surface area contributed by atoms with Gasteiger partial charge in [-0.25, -0.2) is 4.79 Å². The van der Waals surface area contributed by atoms with E-state index in [1.165, 1.54) is 26.8 Å². The first-order valence-electron chi connectivity index (χ1n) is 14.0. The third-order valence-corrected chi connectivity index (χ3v) is 9.11. The molecule has 0 amide bonds. The van der Waals surface area contributed by atoms with Crippen LogP contribution in [0.1, 0.15) is 74.7 Å². The number of fused-ring (bicyclic) bond motifs is 1. The zero-order valence-electron chi connectivity index (χ0n) is 24.8. The molecular weight excluding hydrogens is 536 g/mol. The van der Waals surface area contributed by atoms with Gasteiger partial charge in [-0.05, 0) is 39.7 Å². The number of allylic oxidation sites excluding steroid dienone is 1. The molecule has 0 radical (unpaired) electrons. The van der Waals surface area contributed by atoms with Crippen molar-refractivity contribution in [2.75, 3.05) is 0 Å². The maximum Gasteiger partial charge on any atom is 0.342 e. The third kappa shape index (κ3) is 4.80. The number of carbonyl (C=O) groups excluding carboxylic acids is 5. The monoisotopic (exact) mass is 576 g/mol. The average Bonchev–Trinajstić information content (AvgIpc) is 3.43. The highest BCUT2D eigenvalue weighted by molar-refractivity contribution is 5.89. The number of hydrogen-bond acceptors (Lipinski definition) is 11. The van der Waals surface area contributed by atoms with Crippen molar-refractivity contribution in [3.63, 3.8) is 0 Å². The van der Waals surface area contributed by atoms with Crippen LogP contribution in [0.5, 0.6) is 0 Å². The van der Waals surface area contributed by atoms with E-state index in [9.17, 15) is 29.1 Å². The Kier molecular flexibility index (Phi) is 8.03. The zero-order valence-corrected chi connectivity index (χ0v) is 24.8. The highest BCUT2D eigenvalue weighted by Gasteiger charge is 2.87. The Labute approximate surface area is 239 Å². The van der Waals surface area contributed by atoms with Crippen molar-refractivity contribution in [3.8, 4) is 0 Å². The number of epoxide rings is 1. The van der Waals surface area contributed by atoms with Gasteiger partial charge in [-0.2, -0.15) is 0 Å². The Morgan fingerprint density at radius 2 is 1.51 bits per heavy atom. The number of aliphatic hydroxyl groups is 1. The van der Waals surface area contributed by atoms with Crippen LogP contribution in [0.2, 0.25) is 0 Å². The van der Waals surface area contributed by atoms with Gasteiger partial charge >= 0.3 is 23.9 Å². The Hall–Kier alpha value is -3.05. The first kappa shape index (κ1) is 30.9. The van der Waals surface area contributed by atoms with E-state index in [2.05, 4.69) is 0 Å². The van der Waals surface area contributed by atoms with Crippen LogP contribution in [0.15, 0.2) is 23.3 Å². The lowest BCUT2D eigenvalue weighted by molar-refractivity contribution is -0.214. The Morgan fingerprint density at radius 3 is 2.05 bits per heavy atom. The van der Waals surface area contributed by atoms with E-state index in [1.807, 2.05) is 6.92 Å². The number of ether oxygens (including phenoxy) is 5. The molecule has 1 spiro atoms. The fourth-order valence-electron chi connectivity index (χ4n) is 7.48. The van der Waals surface area contributed by atoms with Gasteiger partial charge in [-0.15, -0.1) is 0 Å². The Bertz CT molecular complexity index is 1220. The molecule has 4 aliphatic rings. The van der Waals surface area contributed by atoms with Crippen LogP contribution >= 0.6 is 0 Å². The van der Waals surface area contributed by atoms with Gasteiger partial charge in [0.1, 0.15) is 30.2 Å². The largest absolute Gasteiger partial charge is 0.461 e. The first-order chi connectivity index (χ1) is 19.0. The van der Waals surface area contributed by atoms with Crippen LogP contribution in [0.4, 0.5) is 0 Å². The van der Waals surface area contributed by atoms with Crippen molar-refractivity contribution in [1.29, 1.82) is 0 Å². The molecule has 4 rings (SSSR count). The van der Waals surface area contributed by atoms with E-state index < -0.39 is 82.8 Å². The number of ketones is 1. The standard InChI is InChI=1S/C30H40O11/c1-9-10-20(34)19-11-14(2)12-22-30(29(8,41-30)27(36)40-22)26(39-18(6)33)23-15(3)13-21(35)25(38-17(5)32)28(23,7)24(19)37-16(4)31/h12-13,19,21-26,35H,9-11H2,1-8H3. The second-order valence-corrected chi connectivity index (χ2v) is 12.1. The number of aliphatic hydroxyl groups excluding tert-OH is 1. The number of Topliss-reactive ketones (excluding diaryl/α,β-unsaturated/α-hetero) is 1. The highest BCUT2D eigenvalue weighted by atomic mass is 16.7. The fourth-order valence-corrected chi connectivity index (χ4v) is 7.48. The average molecular weight is 577 g/mol. The molecule has 2 fully saturated rings. The Balaban J connectivity index is 2.10. The molecule has 0 aromatic heterocycles. The SMILES string of the molecule is CCCC(=O)C1CC(C)=CC2OC(=O)C3(C)OC23C(OC(C)=O)C2C(C)=CC(O)C(OC(C)=O)C2(C)C1OC(C)=O. The summed E-state index contributed by atoms with van der Waals surface area (Å²) in [5.74, 6) is -4.76. The molecule has 41 heavy (non-hydrogen) atoms. The molecule has 11 nitrogen and oxygen atoms in total. The summed E-state index contributed by atoms with van der Waals surface area (Å²) in [4.78, 5) is 64.7. The maximum absolute atomic E-state index is 13.8. The number of hydrogen-bond donors (Lipinski definition) is 1. The predicted octanol–water partition coefficient (Wildman–Crippen LogP) is 2.51. The van der Waals surface area contributed by atoms with Gasteiger partial charge in [0, 0.05) is 33.1 Å². The number of carbonyl (C=O) groups is 5. The smallest absolute Gasteiger partial charge is 0.342 e. The van der Waals surface area contributed by atoms with E-state index >= 15 is 0 Å². The molecule has 2 saturated heterocycles. The van der Waals surface area contributed by atoms with E-state index in [0.717, 1.165) is 0 Å². The van der Waals surface area contributed by atoms with Crippen molar-refractivity contribution < 1.29 is 52.8 Å². The van der Waals surface area contributed by atoms with Crippen molar-refractivity contribution in [2.45, 2.75) is 116 Å². The van der Waals surface area contributed by atoms with Crippen LogP contribution in [0.25, 0.3) is 0 Å². The van der Waals surface area contributed by atoms with E-state index in [0.29, 0.717) is 17.6 Å². The number of rotatable bonds is 6. The molecule has 0 bridgehead atoms. The normalized spacial score (nSPS) is 41.3. The second-order valence-electron chi connectivity index (χ2n) is 12.1. The molecule has 0 aromatic rings. The van der Waals surface area contributed by atoms with Gasteiger partial charge in [0.25, 0.3) is 0 Å². The topological polar surface area (TPSA) is 155 Å². The summed E-state index contributed by atoms with van der Waals surface area (Å²) < 4.78 is 29.7. The molecule has 11 heteroatoms. The summed E-state index contributed by atoms with van der Waals surface area (Å²) in [6, 6.07) is 0. The predicted molar refractivity (Wildman–Crippen MR) is 142 cm³/mol. The highest BCUT2D eigenvalue weighted by Crippen LogP contribution is 2.65. The van der Waals surface area contributed by atoms with E-state index in [-0.39, 0.29) is 18.6 Å². The van der Waals surface area contributed by atoms with Gasteiger partial charge < -0.3 is 28.8 Å². The van der Waals surface area contributed by atoms with Gasteiger partial charge in [0.15, 0.2) is 17.3 Å². The van der Waals surface area contributed by atoms with Crippen LogP contribution in [0.3, 0.4) is 0 Å². The maximum atomic E-state index is 13.8. The van der Waals surface area contributed by atoms with Gasteiger partial charge in [-0.3, -0.25) is 19.2 Å². The van der Waals surface area contributed by atoms with Crippen molar-refractivity contribution in [3.05, 3.63) is 23.3 Å². The third-order valence-electron chi connectivity index (χ3n) is 9.11. The summed E-state index contributed by atoms with van der Waals surface area (Å²) in [5, 5.41) is 11.3. The van der Waals surface area contributed by atoms with Crippen LogP contribution in [0, 0.1) is 17.3 Å². The molecule has 0 aromatic carbocycles. The molecule has 2 heterocycles. The summed E-state index contributed by atoms with van der Waals surface area (Å²) in [6.45, 7) is 12.2. The lowest BCUT2D eigenvalue weighted by atomic mass is 9.54. The van der Waals surface area contributed by atoms with Crippen LogP contribution in [-0.2, 0) is 47.7 Å². The van der Waals surface area contributed by atoms with Crippen molar-refractivity contribution in [2.24, 2.45) is 17.3 Å². The van der Waals surface area contributed by atoms with Gasteiger partial charge in [0.2, 0.25) is 0 Å². The lowest BCUT2D eigenvalue weighted by Gasteiger charge is -2.55. The minimum Gasteiger partial charge on any atom is -0.461 e. The van der Waals surface area contributed by atoms with Gasteiger partial charge in [-0.1, -0.05) is 31.1 Å². The Morgan fingerprint density at radius 1 is 0.951 bits per heavy atom. The zero-order chi connectivity index (χ0) is 30.7.